The van der Waals surface area contributed by atoms with Gasteiger partial charge in [-0.05, 0) is 141 Å². The van der Waals surface area contributed by atoms with Gasteiger partial charge in [-0.1, -0.05) is 164 Å². The molecule has 0 aliphatic heterocycles. The number of thiophene rings is 1. The Bertz CT molecular complexity index is 5600. The van der Waals surface area contributed by atoms with Gasteiger partial charge in [-0.25, -0.2) is 0 Å². The van der Waals surface area contributed by atoms with Crippen molar-refractivity contribution in [3.63, 3.8) is 0 Å². The van der Waals surface area contributed by atoms with Crippen molar-refractivity contribution >= 4 is 163 Å². The summed E-state index contributed by atoms with van der Waals surface area (Å²) in [6, 6.07) is 91.9. The van der Waals surface area contributed by atoms with E-state index in [9.17, 15) is 0 Å². The lowest BCUT2D eigenvalue weighted by Gasteiger charge is -2.26. The maximum Gasteiger partial charge on any atom is 0.137 e. The fourth-order valence-electron chi connectivity index (χ4n) is 13.8. The van der Waals surface area contributed by atoms with Crippen LogP contribution in [0.1, 0.15) is 29.0 Å². The number of hydrogen-bond donors (Lipinski definition) is 0. The summed E-state index contributed by atoms with van der Waals surface area (Å²) in [5.41, 5.74) is 14.7. The van der Waals surface area contributed by atoms with Gasteiger partial charge in [0.1, 0.15) is 22.3 Å². The first-order valence-corrected chi connectivity index (χ1v) is 28.5. The Kier molecular flexibility index (Phi) is 9.25. The van der Waals surface area contributed by atoms with Crippen LogP contribution in [0.4, 0.5) is 17.1 Å². The van der Waals surface area contributed by atoms with Crippen LogP contribution in [0.5, 0.6) is 0 Å². The number of nitrogens with zero attached hydrogens (tertiary/aromatic N) is 2. The minimum Gasteiger partial charge on any atom is -0.456 e. The number of aryl methyl sites for hydroxylation is 1. The molecular formula is C75H46N2O2S. The predicted molar refractivity (Wildman–Crippen MR) is 339 cm³/mol. The molecule has 0 radical (unpaired) electrons. The Morgan fingerprint density at radius 2 is 0.912 bits per heavy atom. The highest BCUT2D eigenvalue weighted by Crippen LogP contribution is 2.48. The van der Waals surface area contributed by atoms with E-state index in [1.54, 1.807) is 0 Å². The summed E-state index contributed by atoms with van der Waals surface area (Å²) in [4.78, 5) is 2.38. The Morgan fingerprint density at radius 3 is 1.71 bits per heavy atom. The molecule has 13 aromatic carbocycles. The normalized spacial score (nSPS) is 12.8. The number of anilines is 3. The largest absolute Gasteiger partial charge is 0.456 e. The molecule has 0 saturated heterocycles. The molecule has 5 heteroatoms. The third-order valence-corrected chi connectivity index (χ3v) is 18.7. The van der Waals surface area contributed by atoms with E-state index in [0.717, 1.165) is 73.8 Å². The monoisotopic (exact) mass is 1040 g/mol. The molecule has 0 aliphatic rings. The number of hydrogen-bond acceptors (Lipinski definition) is 4. The number of furan rings is 2. The maximum atomic E-state index is 6.51. The first-order valence-electron chi connectivity index (χ1n) is 27.7. The second-order valence-corrected chi connectivity index (χ2v) is 22.9. The van der Waals surface area contributed by atoms with Crippen molar-refractivity contribution in [1.82, 2.24) is 4.40 Å². The molecule has 0 saturated carbocycles. The van der Waals surface area contributed by atoms with Crippen LogP contribution in [0, 0.1) is 0 Å². The molecule has 5 heterocycles. The SMILES string of the molecule is c1ccc2cc(C(CCc3ccc4c5c6cc7sc8cc(N(c9ccc%10ccccc%10c9)c9ccc%10c(c9)oc9ccccc9%10)ccc8c7cc6ccc5n5c6ccccc6c3c45)c3ccc4c(c3)oc3ccccc34)ccc2c1. The quantitative estimate of drug-likeness (QED) is 0.152. The first-order chi connectivity index (χ1) is 39.6. The number of rotatable bonds is 8. The molecule has 18 rings (SSSR count). The lowest BCUT2D eigenvalue weighted by atomic mass is 9.84. The zero-order chi connectivity index (χ0) is 52.2. The van der Waals surface area contributed by atoms with Crippen molar-refractivity contribution in [3.05, 3.63) is 265 Å². The van der Waals surface area contributed by atoms with E-state index in [1.165, 1.54) is 107 Å². The van der Waals surface area contributed by atoms with Gasteiger partial charge in [0.25, 0.3) is 0 Å². The van der Waals surface area contributed by atoms with Gasteiger partial charge in [-0.2, -0.15) is 0 Å². The predicted octanol–water partition coefficient (Wildman–Crippen LogP) is 21.7. The second-order valence-electron chi connectivity index (χ2n) is 21.9. The molecule has 374 valence electrons. The molecule has 1 atom stereocenters. The summed E-state index contributed by atoms with van der Waals surface area (Å²) in [6.07, 6.45) is 1.85. The number of aromatic nitrogens is 1. The lowest BCUT2D eigenvalue weighted by Crippen LogP contribution is -2.09. The van der Waals surface area contributed by atoms with Gasteiger partial charge < -0.3 is 18.1 Å². The third kappa shape index (κ3) is 6.50. The van der Waals surface area contributed by atoms with Gasteiger partial charge in [-0.15, -0.1) is 11.3 Å². The summed E-state index contributed by atoms with van der Waals surface area (Å²) in [5.74, 6) is 0.153. The molecule has 0 bridgehead atoms. The van der Waals surface area contributed by atoms with Gasteiger partial charge in [0.15, 0.2) is 0 Å². The summed E-state index contributed by atoms with van der Waals surface area (Å²) in [7, 11) is 0. The van der Waals surface area contributed by atoms with E-state index in [2.05, 4.69) is 252 Å². The van der Waals surface area contributed by atoms with Crippen LogP contribution in [0.2, 0.25) is 0 Å². The maximum absolute atomic E-state index is 6.51. The van der Waals surface area contributed by atoms with Crippen LogP contribution in [0.3, 0.4) is 0 Å². The minimum atomic E-state index is 0.153. The van der Waals surface area contributed by atoms with E-state index < -0.39 is 0 Å². The average Bonchev–Trinajstić information content (AvgIpc) is 4.48. The van der Waals surface area contributed by atoms with E-state index >= 15 is 0 Å². The molecule has 80 heavy (non-hydrogen) atoms. The fourth-order valence-corrected chi connectivity index (χ4v) is 15.0. The Morgan fingerprint density at radius 1 is 0.350 bits per heavy atom. The highest BCUT2D eigenvalue weighted by Gasteiger charge is 2.25. The molecule has 0 aliphatic carbocycles. The van der Waals surface area contributed by atoms with E-state index in [4.69, 9.17) is 8.83 Å². The average molecular weight is 1040 g/mol. The first kappa shape index (κ1) is 44.1. The summed E-state index contributed by atoms with van der Waals surface area (Å²) in [5, 5.41) is 19.9. The summed E-state index contributed by atoms with van der Waals surface area (Å²) >= 11 is 1.88. The third-order valence-electron chi connectivity index (χ3n) is 17.5. The van der Waals surface area contributed by atoms with Crippen LogP contribution in [0.15, 0.2) is 258 Å². The molecule has 0 N–H and O–H groups in total. The van der Waals surface area contributed by atoms with Gasteiger partial charge in [0, 0.05) is 92.3 Å². The number of para-hydroxylation sites is 3. The van der Waals surface area contributed by atoms with Gasteiger partial charge in [-0.3, -0.25) is 0 Å². The van der Waals surface area contributed by atoms with Crippen LogP contribution in [-0.2, 0) is 6.42 Å². The minimum absolute atomic E-state index is 0.153. The Balaban J connectivity index is 0.768. The van der Waals surface area contributed by atoms with E-state index in [1.807, 2.05) is 17.4 Å². The van der Waals surface area contributed by atoms with Crippen molar-refractivity contribution in [2.45, 2.75) is 18.8 Å². The summed E-state index contributed by atoms with van der Waals surface area (Å²) in [6.45, 7) is 0. The van der Waals surface area contributed by atoms with Crippen LogP contribution >= 0.6 is 11.3 Å². The molecular weight excluding hydrogens is 993 g/mol. The van der Waals surface area contributed by atoms with Crippen molar-refractivity contribution < 1.29 is 8.83 Å². The standard InChI is InChI=1S/C75H46N2O2S/c1-3-13-47-37-49(22-21-44(47)11-1)55(51-26-32-58-56-15-6-9-19-67(56)78-69(58)40-51)31-24-46-25-33-62-74-63-43-72-64(39-50(63)27-36-66(74)77-65-18-8-5-17-61(65)73(46)75(62)77)60-35-30-54(42-71(60)80-72)76(52-28-23-45-12-2-4-14-48(45)38-52)53-29-34-59-57-16-7-10-20-68(57)79-70(59)41-53/h1-23,25-30,32-43,55H,24,31H2. The van der Waals surface area contributed by atoms with E-state index in [-0.39, 0.29) is 5.92 Å². The fraction of sp³-hybridized carbons (Fsp3) is 0.0400. The Labute approximate surface area is 462 Å². The van der Waals surface area contributed by atoms with Crippen molar-refractivity contribution in [2.24, 2.45) is 0 Å². The molecule has 4 nitrogen and oxygen atoms in total. The molecule has 0 amide bonds. The van der Waals surface area contributed by atoms with Gasteiger partial charge in [0.05, 0.1) is 16.6 Å². The molecule has 1 unspecified atom stereocenters. The van der Waals surface area contributed by atoms with Gasteiger partial charge >= 0.3 is 0 Å². The highest BCUT2D eigenvalue weighted by molar-refractivity contribution is 7.26. The van der Waals surface area contributed by atoms with Gasteiger partial charge in [0.2, 0.25) is 0 Å². The van der Waals surface area contributed by atoms with Crippen LogP contribution in [-0.4, -0.2) is 4.40 Å². The molecule has 0 fully saturated rings. The molecule has 5 aromatic heterocycles. The Hall–Kier alpha value is -9.94. The zero-order valence-corrected chi connectivity index (χ0v) is 44.1. The van der Waals surface area contributed by atoms with Crippen LogP contribution < -0.4 is 4.90 Å². The zero-order valence-electron chi connectivity index (χ0n) is 43.3. The lowest BCUT2D eigenvalue weighted by molar-refractivity contribution is 0.664. The summed E-state index contributed by atoms with van der Waals surface area (Å²) < 4.78 is 18.1. The van der Waals surface area contributed by atoms with Crippen molar-refractivity contribution in [2.75, 3.05) is 4.90 Å². The van der Waals surface area contributed by atoms with Crippen molar-refractivity contribution in [1.29, 1.82) is 0 Å². The van der Waals surface area contributed by atoms with Crippen LogP contribution in [0.25, 0.3) is 134 Å². The molecule has 18 aromatic rings. The molecule has 0 spiro atoms. The highest BCUT2D eigenvalue weighted by atomic mass is 32.1. The number of fused-ring (bicyclic) bond motifs is 19. The second kappa shape index (κ2) is 16.8. The smallest absolute Gasteiger partial charge is 0.137 e. The van der Waals surface area contributed by atoms with Crippen molar-refractivity contribution in [3.8, 4) is 0 Å². The topological polar surface area (TPSA) is 33.9 Å². The van der Waals surface area contributed by atoms with E-state index in [0.29, 0.717) is 0 Å². The number of benzene rings is 13.